The van der Waals surface area contributed by atoms with Gasteiger partial charge in [-0.05, 0) is 30.5 Å². The molecule has 0 saturated carbocycles. The van der Waals surface area contributed by atoms with E-state index in [1.54, 1.807) is 0 Å². The van der Waals surface area contributed by atoms with Crippen molar-refractivity contribution in [3.8, 4) is 0 Å². The molecule has 3 aromatic carbocycles. The lowest BCUT2D eigenvalue weighted by Gasteiger charge is -2.36. The smallest absolute Gasteiger partial charge is 0.143 e. The minimum absolute atomic E-state index is 0.228. The summed E-state index contributed by atoms with van der Waals surface area (Å²) >= 11 is 0. The molecule has 0 saturated heterocycles. The van der Waals surface area contributed by atoms with Crippen LogP contribution in [-0.4, -0.2) is 45.7 Å². The van der Waals surface area contributed by atoms with Gasteiger partial charge in [0, 0.05) is 0 Å². The Morgan fingerprint density at radius 1 is 0.531 bits per heavy atom. The topological polar surface area (TPSA) is 36.9 Å². The van der Waals surface area contributed by atoms with E-state index in [0.29, 0.717) is 39.6 Å². The second kappa shape index (κ2) is 13.1. The first kappa shape index (κ1) is 24.1. The molecule has 0 atom stereocenters. The van der Waals surface area contributed by atoms with Gasteiger partial charge in [0.1, 0.15) is 5.60 Å². The predicted octanol–water partition coefficient (Wildman–Crippen LogP) is 5.45. The van der Waals surface area contributed by atoms with Gasteiger partial charge < -0.3 is 18.9 Å². The molecule has 0 unspecified atom stereocenters. The van der Waals surface area contributed by atoms with Gasteiger partial charge in [-0.2, -0.15) is 0 Å². The minimum atomic E-state index is -0.710. The van der Waals surface area contributed by atoms with E-state index in [4.69, 9.17) is 18.9 Å². The summed E-state index contributed by atoms with van der Waals surface area (Å²) in [4.78, 5) is 0. The van der Waals surface area contributed by atoms with Crippen LogP contribution in [0.4, 0.5) is 0 Å². The van der Waals surface area contributed by atoms with Gasteiger partial charge in [-0.3, -0.25) is 0 Å². The Balaban J connectivity index is 1.65. The summed E-state index contributed by atoms with van der Waals surface area (Å²) in [5.74, 6) is 0. The van der Waals surface area contributed by atoms with Gasteiger partial charge in [0.05, 0.1) is 45.7 Å². The van der Waals surface area contributed by atoms with Crippen LogP contribution in [0.25, 0.3) is 0 Å². The van der Waals surface area contributed by atoms with E-state index >= 15 is 0 Å². The van der Waals surface area contributed by atoms with E-state index in [1.165, 1.54) is 0 Å². The zero-order chi connectivity index (χ0) is 22.5. The Labute approximate surface area is 192 Å². The maximum atomic E-state index is 6.67. The Morgan fingerprint density at radius 2 is 0.906 bits per heavy atom. The Bertz CT molecular complexity index is 769. The van der Waals surface area contributed by atoms with E-state index in [2.05, 4.69) is 72.8 Å². The number of benzene rings is 3. The molecule has 3 aromatic rings. The van der Waals surface area contributed by atoms with Crippen LogP contribution in [0.1, 0.15) is 30.5 Å². The van der Waals surface area contributed by atoms with Crippen molar-refractivity contribution in [1.82, 2.24) is 0 Å². The molecule has 0 aliphatic heterocycles. The van der Waals surface area contributed by atoms with Gasteiger partial charge in [0.2, 0.25) is 0 Å². The molecule has 3 rings (SSSR count). The van der Waals surface area contributed by atoms with Gasteiger partial charge in [-0.15, -0.1) is 0 Å². The SMILES string of the molecule is CC(C)OCCOCCOCCOC(c1ccccc1)(c1ccccc1)c1ccccc1. The van der Waals surface area contributed by atoms with Crippen molar-refractivity contribution in [2.24, 2.45) is 0 Å². The molecule has 170 valence electrons. The molecule has 4 nitrogen and oxygen atoms in total. The molecule has 32 heavy (non-hydrogen) atoms. The standard InChI is InChI=1S/C28H34O4/c1-24(2)31-22-20-29-18-19-30-21-23-32-28(25-12-6-3-7-13-25,26-14-8-4-9-15-26)27-16-10-5-11-17-27/h3-17,24H,18-23H2,1-2H3. The van der Waals surface area contributed by atoms with Crippen molar-refractivity contribution in [3.05, 3.63) is 108 Å². The number of ether oxygens (including phenoxy) is 4. The first-order valence-corrected chi connectivity index (χ1v) is 11.3. The van der Waals surface area contributed by atoms with Gasteiger partial charge in [-0.1, -0.05) is 91.0 Å². The van der Waals surface area contributed by atoms with Crippen molar-refractivity contribution in [3.63, 3.8) is 0 Å². The van der Waals surface area contributed by atoms with Gasteiger partial charge in [-0.25, -0.2) is 0 Å². The lowest BCUT2D eigenvalue weighted by Crippen LogP contribution is -2.34. The molecule has 0 N–H and O–H groups in total. The molecule has 0 fully saturated rings. The molecule has 0 heterocycles. The third-order valence-corrected chi connectivity index (χ3v) is 5.14. The number of hydrogen-bond donors (Lipinski definition) is 0. The highest BCUT2D eigenvalue weighted by molar-refractivity contribution is 5.47. The van der Waals surface area contributed by atoms with Crippen LogP contribution < -0.4 is 0 Å². The van der Waals surface area contributed by atoms with Crippen LogP contribution in [0.15, 0.2) is 91.0 Å². The fourth-order valence-electron chi connectivity index (χ4n) is 3.69. The van der Waals surface area contributed by atoms with E-state index in [-0.39, 0.29) is 6.10 Å². The highest BCUT2D eigenvalue weighted by Crippen LogP contribution is 2.40. The maximum Gasteiger partial charge on any atom is 0.143 e. The monoisotopic (exact) mass is 434 g/mol. The molecule has 0 aliphatic rings. The molecule has 0 bridgehead atoms. The van der Waals surface area contributed by atoms with E-state index in [1.807, 2.05) is 32.0 Å². The van der Waals surface area contributed by atoms with Crippen LogP contribution in [0.3, 0.4) is 0 Å². The van der Waals surface area contributed by atoms with E-state index in [0.717, 1.165) is 16.7 Å². The van der Waals surface area contributed by atoms with Crippen LogP contribution in [0.5, 0.6) is 0 Å². The number of rotatable bonds is 14. The summed E-state index contributed by atoms with van der Waals surface area (Å²) in [6.45, 7) is 7.23. The summed E-state index contributed by atoms with van der Waals surface area (Å²) in [6.07, 6.45) is 0.228. The molecule has 0 aliphatic carbocycles. The van der Waals surface area contributed by atoms with E-state index in [9.17, 15) is 0 Å². The lowest BCUT2D eigenvalue weighted by atomic mass is 9.80. The first-order valence-electron chi connectivity index (χ1n) is 11.3. The van der Waals surface area contributed by atoms with Crippen molar-refractivity contribution in [2.45, 2.75) is 25.6 Å². The lowest BCUT2D eigenvalue weighted by molar-refractivity contribution is -0.0390. The Kier molecular flexibility index (Phi) is 9.92. The van der Waals surface area contributed by atoms with Gasteiger partial charge in [0.15, 0.2) is 0 Å². The van der Waals surface area contributed by atoms with E-state index < -0.39 is 5.60 Å². The predicted molar refractivity (Wildman–Crippen MR) is 128 cm³/mol. The summed E-state index contributed by atoms with van der Waals surface area (Å²) < 4.78 is 23.5. The van der Waals surface area contributed by atoms with Crippen LogP contribution >= 0.6 is 0 Å². The van der Waals surface area contributed by atoms with Gasteiger partial charge in [0.25, 0.3) is 0 Å². The molecule has 0 amide bonds. The average Bonchev–Trinajstić information content (AvgIpc) is 2.84. The second-order valence-electron chi connectivity index (χ2n) is 7.77. The summed E-state index contributed by atoms with van der Waals surface area (Å²) in [5.41, 5.74) is 2.56. The summed E-state index contributed by atoms with van der Waals surface area (Å²) in [5, 5.41) is 0. The third-order valence-electron chi connectivity index (χ3n) is 5.14. The largest absolute Gasteiger partial charge is 0.377 e. The molecule has 4 heteroatoms. The minimum Gasteiger partial charge on any atom is -0.377 e. The second-order valence-corrected chi connectivity index (χ2v) is 7.77. The first-order chi connectivity index (χ1) is 15.7. The molecule has 0 radical (unpaired) electrons. The van der Waals surface area contributed by atoms with Crippen molar-refractivity contribution in [1.29, 1.82) is 0 Å². The molecular formula is C28H34O4. The van der Waals surface area contributed by atoms with Crippen LogP contribution in [-0.2, 0) is 24.5 Å². The summed E-state index contributed by atoms with van der Waals surface area (Å²) in [6, 6.07) is 31.1. The fourth-order valence-corrected chi connectivity index (χ4v) is 3.69. The van der Waals surface area contributed by atoms with Crippen molar-refractivity contribution < 1.29 is 18.9 Å². The van der Waals surface area contributed by atoms with Crippen LogP contribution in [0, 0.1) is 0 Å². The Hall–Kier alpha value is -2.50. The third kappa shape index (κ3) is 6.75. The maximum absolute atomic E-state index is 6.67. The highest BCUT2D eigenvalue weighted by Gasteiger charge is 2.37. The molecular weight excluding hydrogens is 400 g/mol. The molecule has 0 aromatic heterocycles. The normalized spacial score (nSPS) is 11.7. The quantitative estimate of drug-likeness (QED) is 0.250. The van der Waals surface area contributed by atoms with Gasteiger partial charge >= 0.3 is 0 Å². The average molecular weight is 435 g/mol. The zero-order valence-electron chi connectivity index (χ0n) is 19.1. The van der Waals surface area contributed by atoms with Crippen LogP contribution in [0.2, 0.25) is 0 Å². The van der Waals surface area contributed by atoms with Crippen molar-refractivity contribution in [2.75, 3.05) is 39.6 Å². The Morgan fingerprint density at radius 3 is 1.31 bits per heavy atom. The zero-order valence-corrected chi connectivity index (χ0v) is 19.1. The fraction of sp³-hybridized carbons (Fsp3) is 0.357. The highest BCUT2D eigenvalue weighted by atomic mass is 16.6. The summed E-state index contributed by atoms with van der Waals surface area (Å²) in [7, 11) is 0. The number of hydrogen-bond acceptors (Lipinski definition) is 4. The molecule has 0 spiro atoms. The van der Waals surface area contributed by atoms with Crippen molar-refractivity contribution >= 4 is 0 Å².